The molecule has 0 saturated heterocycles. The molecule has 120 valence electrons. The number of urea groups is 1. The zero-order valence-corrected chi connectivity index (χ0v) is 13.2. The SMILES string of the molecule is COC(=O)Cc1cccc(NC(=O)NC(C)c2ccccc2)c1. The van der Waals surface area contributed by atoms with Crippen molar-refractivity contribution in [3.8, 4) is 0 Å². The number of benzene rings is 2. The minimum absolute atomic E-state index is 0.102. The van der Waals surface area contributed by atoms with Gasteiger partial charge in [0.25, 0.3) is 0 Å². The van der Waals surface area contributed by atoms with Crippen LogP contribution >= 0.6 is 0 Å². The summed E-state index contributed by atoms with van der Waals surface area (Å²) in [5, 5.41) is 5.65. The van der Waals surface area contributed by atoms with Crippen LogP contribution in [0.2, 0.25) is 0 Å². The molecule has 0 aliphatic carbocycles. The van der Waals surface area contributed by atoms with E-state index < -0.39 is 0 Å². The summed E-state index contributed by atoms with van der Waals surface area (Å²) >= 11 is 0. The third-order valence-electron chi connectivity index (χ3n) is 3.41. The molecule has 2 N–H and O–H groups in total. The Hall–Kier alpha value is -2.82. The van der Waals surface area contributed by atoms with Gasteiger partial charge in [0.05, 0.1) is 19.6 Å². The lowest BCUT2D eigenvalue weighted by Gasteiger charge is -2.15. The number of nitrogens with one attached hydrogen (secondary N) is 2. The number of hydrogen-bond acceptors (Lipinski definition) is 3. The highest BCUT2D eigenvalue weighted by Gasteiger charge is 2.10. The van der Waals surface area contributed by atoms with Crippen LogP contribution in [0.3, 0.4) is 0 Å². The topological polar surface area (TPSA) is 67.4 Å². The van der Waals surface area contributed by atoms with Crippen molar-refractivity contribution in [3.05, 3.63) is 65.7 Å². The summed E-state index contributed by atoms with van der Waals surface area (Å²) in [5.74, 6) is -0.315. The van der Waals surface area contributed by atoms with E-state index in [1.165, 1.54) is 7.11 Å². The zero-order valence-electron chi connectivity index (χ0n) is 13.2. The van der Waals surface area contributed by atoms with E-state index in [0.29, 0.717) is 5.69 Å². The van der Waals surface area contributed by atoms with E-state index in [1.807, 2.05) is 43.3 Å². The maximum atomic E-state index is 12.1. The summed E-state index contributed by atoms with van der Waals surface area (Å²) in [7, 11) is 1.35. The summed E-state index contributed by atoms with van der Waals surface area (Å²) < 4.78 is 4.64. The minimum atomic E-state index is -0.315. The van der Waals surface area contributed by atoms with Gasteiger partial charge in [-0.3, -0.25) is 4.79 Å². The second-order valence-electron chi connectivity index (χ2n) is 5.18. The number of hydrogen-bond donors (Lipinski definition) is 2. The second kappa shape index (κ2) is 7.98. The smallest absolute Gasteiger partial charge is 0.319 e. The van der Waals surface area contributed by atoms with E-state index in [-0.39, 0.29) is 24.5 Å². The van der Waals surface area contributed by atoms with E-state index in [9.17, 15) is 9.59 Å². The maximum absolute atomic E-state index is 12.1. The third kappa shape index (κ3) is 5.14. The fourth-order valence-electron chi connectivity index (χ4n) is 2.19. The van der Waals surface area contributed by atoms with Crippen molar-refractivity contribution in [2.45, 2.75) is 19.4 Å². The number of anilines is 1. The zero-order chi connectivity index (χ0) is 16.7. The van der Waals surface area contributed by atoms with Gasteiger partial charge in [0.1, 0.15) is 0 Å². The van der Waals surface area contributed by atoms with Crippen molar-refractivity contribution >= 4 is 17.7 Å². The Bertz CT molecular complexity index is 671. The molecule has 0 spiro atoms. The molecule has 0 radical (unpaired) electrons. The van der Waals surface area contributed by atoms with Crippen LogP contribution < -0.4 is 10.6 Å². The molecule has 5 heteroatoms. The van der Waals surface area contributed by atoms with Gasteiger partial charge in [-0.25, -0.2) is 4.79 Å². The first kappa shape index (κ1) is 16.5. The average molecular weight is 312 g/mol. The number of methoxy groups -OCH3 is 1. The fourth-order valence-corrected chi connectivity index (χ4v) is 2.19. The van der Waals surface area contributed by atoms with Crippen molar-refractivity contribution in [1.29, 1.82) is 0 Å². The molecule has 5 nitrogen and oxygen atoms in total. The lowest BCUT2D eigenvalue weighted by atomic mass is 10.1. The Morgan fingerprint density at radius 3 is 2.52 bits per heavy atom. The van der Waals surface area contributed by atoms with E-state index in [2.05, 4.69) is 15.4 Å². The monoisotopic (exact) mass is 312 g/mol. The van der Waals surface area contributed by atoms with E-state index in [4.69, 9.17) is 0 Å². The Kier molecular flexibility index (Phi) is 5.74. The van der Waals surface area contributed by atoms with Gasteiger partial charge in [-0.2, -0.15) is 0 Å². The largest absolute Gasteiger partial charge is 0.469 e. The molecule has 1 atom stereocenters. The highest BCUT2D eigenvalue weighted by Crippen LogP contribution is 2.14. The summed E-state index contributed by atoms with van der Waals surface area (Å²) in [4.78, 5) is 23.4. The number of esters is 1. The molecule has 0 aliphatic rings. The van der Waals surface area contributed by atoms with Crippen molar-refractivity contribution in [2.24, 2.45) is 0 Å². The fraction of sp³-hybridized carbons (Fsp3) is 0.222. The molecule has 0 aliphatic heterocycles. The highest BCUT2D eigenvalue weighted by atomic mass is 16.5. The molecule has 2 aromatic rings. The number of ether oxygens (including phenoxy) is 1. The first-order valence-corrected chi connectivity index (χ1v) is 7.36. The van der Waals surface area contributed by atoms with Crippen LogP contribution in [0, 0.1) is 0 Å². The van der Waals surface area contributed by atoms with Crippen molar-refractivity contribution in [3.63, 3.8) is 0 Å². The Labute approximate surface area is 135 Å². The van der Waals surface area contributed by atoms with Crippen molar-refractivity contribution in [1.82, 2.24) is 5.32 Å². The predicted molar refractivity (Wildman–Crippen MR) is 89.2 cm³/mol. The van der Waals surface area contributed by atoms with Gasteiger partial charge in [0.15, 0.2) is 0 Å². The van der Waals surface area contributed by atoms with Gasteiger partial charge in [-0.05, 0) is 30.2 Å². The summed E-state index contributed by atoms with van der Waals surface area (Å²) in [6, 6.07) is 16.4. The molecule has 0 saturated carbocycles. The van der Waals surface area contributed by atoms with E-state index in [1.54, 1.807) is 18.2 Å². The molecule has 0 aromatic heterocycles. The van der Waals surface area contributed by atoms with Crippen LogP contribution in [0.5, 0.6) is 0 Å². The minimum Gasteiger partial charge on any atom is -0.469 e. The lowest BCUT2D eigenvalue weighted by molar-refractivity contribution is -0.139. The molecular weight excluding hydrogens is 292 g/mol. The molecule has 2 aromatic carbocycles. The molecule has 2 amide bonds. The standard InChI is InChI=1S/C18H20N2O3/c1-13(15-8-4-3-5-9-15)19-18(22)20-16-10-6-7-14(11-16)12-17(21)23-2/h3-11,13H,12H2,1-2H3,(H2,19,20,22). The molecule has 0 fully saturated rings. The Morgan fingerprint density at radius 2 is 1.83 bits per heavy atom. The van der Waals surface area contributed by atoms with Crippen LogP contribution in [0.1, 0.15) is 24.1 Å². The molecule has 0 heterocycles. The lowest BCUT2D eigenvalue weighted by Crippen LogP contribution is -2.31. The summed E-state index contributed by atoms with van der Waals surface area (Å²) in [6.07, 6.45) is 0.175. The predicted octanol–water partition coefficient (Wildman–Crippen LogP) is 3.28. The van der Waals surface area contributed by atoms with Gasteiger partial charge in [0.2, 0.25) is 0 Å². The maximum Gasteiger partial charge on any atom is 0.319 e. The number of carbonyl (C=O) groups is 2. The second-order valence-corrected chi connectivity index (χ2v) is 5.18. The van der Waals surface area contributed by atoms with Gasteiger partial charge in [-0.1, -0.05) is 42.5 Å². The first-order valence-electron chi connectivity index (χ1n) is 7.36. The van der Waals surface area contributed by atoms with Crippen LogP contribution in [0.4, 0.5) is 10.5 Å². The van der Waals surface area contributed by atoms with Crippen LogP contribution in [-0.2, 0) is 16.0 Å². The number of amides is 2. The number of carbonyl (C=O) groups excluding carboxylic acids is 2. The van der Waals surface area contributed by atoms with Crippen LogP contribution in [0.15, 0.2) is 54.6 Å². The van der Waals surface area contributed by atoms with Crippen LogP contribution in [0.25, 0.3) is 0 Å². The van der Waals surface area contributed by atoms with Crippen LogP contribution in [-0.4, -0.2) is 19.1 Å². The molecular formula is C18H20N2O3. The average Bonchev–Trinajstić information content (AvgIpc) is 2.55. The molecule has 1 unspecified atom stereocenters. The number of rotatable bonds is 5. The van der Waals surface area contributed by atoms with Crippen molar-refractivity contribution in [2.75, 3.05) is 12.4 Å². The molecule has 0 bridgehead atoms. The summed E-state index contributed by atoms with van der Waals surface area (Å²) in [6.45, 7) is 1.92. The Morgan fingerprint density at radius 1 is 1.09 bits per heavy atom. The molecule has 2 rings (SSSR count). The van der Waals surface area contributed by atoms with E-state index >= 15 is 0 Å². The van der Waals surface area contributed by atoms with E-state index in [0.717, 1.165) is 11.1 Å². The van der Waals surface area contributed by atoms with Gasteiger partial charge in [-0.15, -0.1) is 0 Å². The third-order valence-corrected chi connectivity index (χ3v) is 3.41. The summed E-state index contributed by atoms with van der Waals surface area (Å²) in [5.41, 5.74) is 2.44. The van der Waals surface area contributed by atoms with Crippen molar-refractivity contribution < 1.29 is 14.3 Å². The Balaban J connectivity index is 1.95. The first-order chi connectivity index (χ1) is 11.1. The highest BCUT2D eigenvalue weighted by molar-refractivity contribution is 5.89. The van der Waals surface area contributed by atoms with Gasteiger partial charge in [0, 0.05) is 5.69 Å². The van der Waals surface area contributed by atoms with Gasteiger partial charge >= 0.3 is 12.0 Å². The normalized spacial score (nSPS) is 11.4. The molecule has 23 heavy (non-hydrogen) atoms. The van der Waals surface area contributed by atoms with Gasteiger partial charge < -0.3 is 15.4 Å². The quantitative estimate of drug-likeness (QED) is 0.833.